The van der Waals surface area contributed by atoms with Crippen molar-refractivity contribution in [2.45, 2.75) is 26.3 Å². The fraction of sp³-hybridized carbons (Fsp3) is 0.261. The van der Waals surface area contributed by atoms with Crippen molar-refractivity contribution in [3.8, 4) is 5.75 Å². The van der Waals surface area contributed by atoms with E-state index in [0.29, 0.717) is 40.6 Å². The second-order valence-electron chi connectivity index (χ2n) is 7.06. The number of amides is 1. The zero-order valence-corrected chi connectivity index (χ0v) is 18.0. The topological polar surface area (TPSA) is 60.2 Å². The van der Waals surface area contributed by atoms with E-state index in [1.165, 1.54) is 23.5 Å². The second kappa shape index (κ2) is 9.70. The molecular formula is C23H23FN4O2S. The van der Waals surface area contributed by atoms with E-state index in [-0.39, 0.29) is 11.7 Å². The van der Waals surface area contributed by atoms with Gasteiger partial charge in [-0.05, 0) is 55.0 Å². The Morgan fingerprint density at radius 1 is 1.23 bits per heavy atom. The van der Waals surface area contributed by atoms with E-state index in [4.69, 9.17) is 4.74 Å². The molecule has 0 saturated heterocycles. The summed E-state index contributed by atoms with van der Waals surface area (Å²) in [6.07, 6.45) is 5.59. The molecule has 0 spiro atoms. The third kappa shape index (κ3) is 5.08. The Hall–Kier alpha value is -3.26. The van der Waals surface area contributed by atoms with Gasteiger partial charge in [-0.1, -0.05) is 24.7 Å². The molecule has 0 aliphatic rings. The number of hydrogen-bond donors (Lipinski definition) is 0. The molecule has 0 fully saturated rings. The van der Waals surface area contributed by atoms with E-state index in [1.807, 2.05) is 24.4 Å². The number of rotatable bonds is 9. The molecule has 160 valence electrons. The number of aromatic nitrogens is 3. The summed E-state index contributed by atoms with van der Waals surface area (Å²) in [7, 11) is 0. The van der Waals surface area contributed by atoms with Gasteiger partial charge in [0.15, 0.2) is 5.13 Å². The lowest BCUT2D eigenvalue weighted by molar-refractivity contribution is 0.0985. The van der Waals surface area contributed by atoms with E-state index in [0.717, 1.165) is 18.6 Å². The summed E-state index contributed by atoms with van der Waals surface area (Å²) in [5.74, 6) is 0.242. The van der Waals surface area contributed by atoms with Gasteiger partial charge in [-0.15, -0.1) is 0 Å². The van der Waals surface area contributed by atoms with Gasteiger partial charge >= 0.3 is 0 Å². The molecule has 0 unspecified atom stereocenters. The van der Waals surface area contributed by atoms with Crippen LogP contribution in [0.2, 0.25) is 0 Å². The standard InChI is InChI=1S/C23H23FN4O2S/c1-2-3-15-30-19-8-5-17(6-9-19)22(29)28(14-13-27-12-4-11-25-27)23-26-20-10-7-18(24)16-21(20)31-23/h4-12,16H,2-3,13-15H2,1H3. The van der Waals surface area contributed by atoms with Crippen molar-refractivity contribution < 1.29 is 13.9 Å². The van der Waals surface area contributed by atoms with E-state index in [1.54, 1.807) is 34.0 Å². The average molecular weight is 439 g/mol. The largest absolute Gasteiger partial charge is 0.494 e. The molecule has 4 rings (SSSR count). The number of anilines is 1. The van der Waals surface area contributed by atoms with Crippen LogP contribution in [0.5, 0.6) is 5.75 Å². The van der Waals surface area contributed by atoms with Crippen molar-refractivity contribution in [2.75, 3.05) is 18.1 Å². The fourth-order valence-electron chi connectivity index (χ4n) is 3.10. The molecule has 0 saturated carbocycles. The summed E-state index contributed by atoms with van der Waals surface area (Å²) in [5, 5.41) is 4.74. The van der Waals surface area contributed by atoms with Crippen molar-refractivity contribution in [3.05, 3.63) is 72.3 Å². The maximum atomic E-state index is 13.6. The fourth-order valence-corrected chi connectivity index (χ4v) is 4.12. The molecule has 4 aromatic rings. The first-order valence-corrected chi connectivity index (χ1v) is 11.0. The normalized spacial score (nSPS) is 11.0. The van der Waals surface area contributed by atoms with Crippen LogP contribution in [0.3, 0.4) is 0 Å². The lowest BCUT2D eigenvalue weighted by Gasteiger charge is -2.20. The number of fused-ring (bicyclic) bond motifs is 1. The molecule has 1 amide bonds. The van der Waals surface area contributed by atoms with Crippen LogP contribution >= 0.6 is 11.3 Å². The highest BCUT2D eigenvalue weighted by molar-refractivity contribution is 7.22. The minimum Gasteiger partial charge on any atom is -0.494 e. The molecule has 6 nitrogen and oxygen atoms in total. The summed E-state index contributed by atoms with van der Waals surface area (Å²) in [5.41, 5.74) is 1.20. The second-order valence-corrected chi connectivity index (χ2v) is 8.07. The number of halogens is 1. The monoisotopic (exact) mass is 438 g/mol. The van der Waals surface area contributed by atoms with Crippen LogP contribution < -0.4 is 9.64 Å². The third-order valence-electron chi connectivity index (χ3n) is 4.80. The minimum atomic E-state index is -0.323. The summed E-state index contributed by atoms with van der Waals surface area (Å²) in [6, 6.07) is 13.4. The Bertz CT molecular complexity index is 1140. The molecule has 0 aliphatic carbocycles. The first-order valence-electron chi connectivity index (χ1n) is 10.2. The third-order valence-corrected chi connectivity index (χ3v) is 5.84. The van der Waals surface area contributed by atoms with E-state index >= 15 is 0 Å². The van der Waals surface area contributed by atoms with E-state index < -0.39 is 0 Å². The Morgan fingerprint density at radius 2 is 2.06 bits per heavy atom. The first kappa shape index (κ1) is 21.0. The number of ether oxygens (including phenoxy) is 1. The van der Waals surface area contributed by atoms with Crippen molar-refractivity contribution in [1.82, 2.24) is 14.8 Å². The molecular weight excluding hydrogens is 415 g/mol. The summed E-state index contributed by atoms with van der Waals surface area (Å²) in [6.45, 7) is 3.67. The number of thiazole rings is 1. The first-order chi connectivity index (χ1) is 15.1. The van der Waals surface area contributed by atoms with Gasteiger partial charge in [0, 0.05) is 24.5 Å². The van der Waals surface area contributed by atoms with Gasteiger partial charge in [0.2, 0.25) is 0 Å². The molecule has 2 aromatic heterocycles. The summed E-state index contributed by atoms with van der Waals surface area (Å²) in [4.78, 5) is 19.6. The smallest absolute Gasteiger partial charge is 0.260 e. The highest BCUT2D eigenvalue weighted by atomic mass is 32.1. The zero-order valence-electron chi connectivity index (χ0n) is 17.2. The SMILES string of the molecule is CCCCOc1ccc(C(=O)N(CCn2cccn2)c2nc3ccc(F)cc3s2)cc1. The van der Waals surface area contributed by atoms with Crippen LogP contribution in [0.1, 0.15) is 30.1 Å². The Balaban J connectivity index is 1.58. The van der Waals surface area contributed by atoms with Gasteiger partial charge in [0.25, 0.3) is 5.91 Å². The van der Waals surface area contributed by atoms with Crippen LogP contribution in [0.15, 0.2) is 60.9 Å². The molecule has 2 heterocycles. The molecule has 0 N–H and O–H groups in total. The molecule has 0 atom stereocenters. The van der Waals surface area contributed by atoms with Crippen molar-refractivity contribution in [2.24, 2.45) is 0 Å². The molecule has 8 heteroatoms. The van der Waals surface area contributed by atoms with Gasteiger partial charge in [-0.25, -0.2) is 9.37 Å². The number of benzene rings is 2. The van der Waals surface area contributed by atoms with Gasteiger partial charge < -0.3 is 4.74 Å². The molecule has 0 aliphatic heterocycles. The van der Waals surface area contributed by atoms with Crippen LogP contribution in [-0.2, 0) is 6.54 Å². The molecule has 0 radical (unpaired) electrons. The predicted molar refractivity (Wildman–Crippen MR) is 120 cm³/mol. The summed E-state index contributed by atoms with van der Waals surface area (Å²) >= 11 is 1.30. The maximum Gasteiger partial charge on any atom is 0.260 e. The van der Waals surface area contributed by atoms with Gasteiger partial charge in [0.1, 0.15) is 11.6 Å². The minimum absolute atomic E-state index is 0.174. The van der Waals surface area contributed by atoms with Crippen LogP contribution in [-0.4, -0.2) is 33.8 Å². The van der Waals surface area contributed by atoms with Crippen LogP contribution in [0, 0.1) is 5.82 Å². The lowest BCUT2D eigenvalue weighted by atomic mass is 10.2. The number of carbonyl (C=O) groups is 1. The lowest BCUT2D eigenvalue weighted by Crippen LogP contribution is -2.34. The maximum absolute atomic E-state index is 13.6. The molecule has 0 bridgehead atoms. The Labute approximate surface area is 183 Å². The predicted octanol–water partition coefficient (Wildman–Crippen LogP) is 5.16. The van der Waals surface area contributed by atoms with Gasteiger partial charge in [0.05, 0.1) is 23.4 Å². The summed E-state index contributed by atoms with van der Waals surface area (Å²) < 4.78 is 21.8. The van der Waals surface area contributed by atoms with Gasteiger partial charge in [-0.3, -0.25) is 14.4 Å². The zero-order chi connectivity index (χ0) is 21.6. The van der Waals surface area contributed by atoms with Crippen LogP contribution in [0.25, 0.3) is 10.2 Å². The number of nitrogens with zero attached hydrogens (tertiary/aromatic N) is 4. The van der Waals surface area contributed by atoms with E-state index in [9.17, 15) is 9.18 Å². The Morgan fingerprint density at radius 3 is 2.81 bits per heavy atom. The molecule has 31 heavy (non-hydrogen) atoms. The number of carbonyl (C=O) groups excluding carboxylic acids is 1. The van der Waals surface area contributed by atoms with Crippen molar-refractivity contribution >= 4 is 32.6 Å². The van der Waals surface area contributed by atoms with E-state index in [2.05, 4.69) is 17.0 Å². The average Bonchev–Trinajstić information content (AvgIpc) is 3.44. The highest BCUT2D eigenvalue weighted by Crippen LogP contribution is 2.30. The van der Waals surface area contributed by atoms with Crippen LogP contribution in [0.4, 0.5) is 9.52 Å². The Kier molecular flexibility index (Phi) is 6.57. The van der Waals surface area contributed by atoms with Gasteiger partial charge in [-0.2, -0.15) is 5.10 Å². The number of unbranched alkanes of at least 4 members (excludes halogenated alkanes) is 1. The molecule has 2 aromatic carbocycles. The van der Waals surface area contributed by atoms with Crippen molar-refractivity contribution in [3.63, 3.8) is 0 Å². The highest BCUT2D eigenvalue weighted by Gasteiger charge is 2.21. The quantitative estimate of drug-likeness (QED) is 0.339. The number of hydrogen-bond acceptors (Lipinski definition) is 5. The van der Waals surface area contributed by atoms with Crippen molar-refractivity contribution in [1.29, 1.82) is 0 Å².